The number of rotatable bonds is 3. The van der Waals surface area contributed by atoms with Gasteiger partial charge in [-0.1, -0.05) is 13.8 Å². The Morgan fingerprint density at radius 1 is 1.22 bits per heavy atom. The van der Waals surface area contributed by atoms with E-state index in [1.54, 1.807) is 0 Å². The fourth-order valence-corrected chi connectivity index (χ4v) is 3.35. The summed E-state index contributed by atoms with van der Waals surface area (Å²) in [5, 5.41) is 0. The topological polar surface area (TPSA) is 38.5 Å². The molecule has 18 heavy (non-hydrogen) atoms. The second-order valence-corrected chi connectivity index (χ2v) is 7.12. The van der Waals surface area contributed by atoms with E-state index in [2.05, 4.69) is 25.8 Å². The standard InChI is InChI=1S/C15H30N2O/c1-15(2)7-4-13(5-8-15)17(3)10-12-11-18-9-6-14(12)16/h12-14H,4-11,16H2,1-3H3. The normalized spacial score (nSPS) is 33.8. The Bertz CT molecular complexity index is 257. The molecule has 0 aromatic rings. The molecule has 3 nitrogen and oxygen atoms in total. The van der Waals surface area contributed by atoms with E-state index >= 15 is 0 Å². The van der Waals surface area contributed by atoms with Crippen LogP contribution in [0.15, 0.2) is 0 Å². The number of hydrogen-bond donors (Lipinski definition) is 1. The van der Waals surface area contributed by atoms with Crippen molar-refractivity contribution < 1.29 is 4.74 Å². The SMILES string of the molecule is CN(CC1COCCC1N)C1CCC(C)(C)CC1. The fourth-order valence-electron chi connectivity index (χ4n) is 3.35. The number of nitrogens with two attached hydrogens (primary N) is 1. The minimum absolute atomic E-state index is 0.334. The highest BCUT2D eigenvalue weighted by Crippen LogP contribution is 2.36. The first kappa shape index (κ1) is 14.3. The Kier molecular flexibility index (Phi) is 4.68. The summed E-state index contributed by atoms with van der Waals surface area (Å²) >= 11 is 0. The van der Waals surface area contributed by atoms with E-state index in [0.29, 0.717) is 17.4 Å². The van der Waals surface area contributed by atoms with Gasteiger partial charge in [-0.25, -0.2) is 0 Å². The highest BCUT2D eigenvalue weighted by molar-refractivity contribution is 4.85. The lowest BCUT2D eigenvalue weighted by Gasteiger charge is -2.41. The summed E-state index contributed by atoms with van der Waals surface area (Å²) < 4.78 is 5.57. The molecular formula is C15H30N2O. The molecule has 0 aromatic carbocycles. The maximum absolute atomic E-state index is 6.19. The van der Waals surface area contributed by atoms with Crippen LogP contribution in [-0.2, 0) is 4.74 Å². The molecule has 0 radical (unpaired) electrons. The second-order valence-electron chi connectivity index (χ2n) is 7.12. The Balaban J connectivity index is 1.79. The van der Waals surface area contributed by atoms with E-state index in [1.165, 1.54) is 25.7 Å². The molecule has 2 aliphatic rings. The molecule has 0 spiro atoms. The lowest BCUT2D eigenvalue weighted by atomic mass is 9.75. The molecule has 0 amide bonds. The molecule has 1 saturated heterocycles. The van der Waals surface area contributed by atoms with Crippen LogP contribution in [-0.4, -0.2) is 43.8 Å². The first-order chi connectivity index (χ1) is 8.48. The molecule has 2 fully saturated rings. The Morgan fingerprint density at radius 3 is 2.50 bits per heavy atom. The average Bonchev–Trinajstić information content (AvgIpc) is 2.32. The second kappa shape index (κ2) is 5.89. The fraction of sp³-hybridized carbons (Fsp3) is 1.00. The highest BCUT2D eigenvalue weighted by Gasteiger charge is 2.31. The van der Waals surface area contributed by atoms with Crippen molar-refractivity contribution in [3.05, 3.63) is 0 Å². The summed E-state index contributed by atoms with van der Waals surface area (Å²) in [5.41, 5.74) is 6.75. The summed E-state index contributed by atoms with van der Waals surface area (Å²) in [6, 6.07) is 1.09. The van der Waals surface area contributed by atoms with E-state index in [0.717, 1.165) is 32.2 Å². The van der Waals surface area contributed by atoms with Crippen molar-refractivity contribution in [3.8, 4) is 0 Å². The Morgan fingerprint density at radius 2 is 1.89 bits per heavy atom. The summed E-state index contributed by atoms with van der Waals surface area (Å²) in [5.74, 6) is 0.527. The van der Waals surface area contributed by atoms with Crippen LogP contribution in [0.3, 0.4) is 0 Å². The van der Waals surface area contributed by atoms with Crippen LogP contribution < -0.4 is 5.73 Å². The third-order valence-electron chi connectivity index (χ3n) is 4.99. The van der Waals surface area contributed by atoms with E-state index in [4.69, 9.17) is 10.5 Å². The van der Waals surface area contributed by atoms with Gasteiger partial charge in [0.1, 0.15) is 0 Å². The van der Waals surface area contributed by atoms with Crippen molar-refractivity contribution in [3.63, 3.8) is 0 Å². The maximum Gasteiger partial charge on any atom is 0.0521 e. The molecule has 2 rings (SSSR count). The zero-order chi connectivity index (χ0) is 13.2. The van der Waals surface area contributed by atoms with Gasteiger partial charge in [-0.15, -0.1) is 0 Å². The first-order valence-electron chi connectivity index (χ1n) is 7.51. The van der Waals surface area contributed by atoms with Gasteiger partial charge in [-0.2, -0.15) is 0 Å². The van der Waals surface area contributed by atoms with Crippen LogP contribution in [0.2, 0.25) is 0 Å². The number of ether oxygens (including phenoxy) is 1. The van der Waals surface area contributed by atoms with E-state index in [1.807, 2.05) is 0 Å². The average molecular weight is 254 g/mol. The number of nitrogens with zero attached hydrogens (tertiary/aromatic N) is 1. The molecule has 1 aliphatic carbocycles. The van der Waals surface area contributed by atoms with Gasteiger partial charge in [-0.3, -0.25) is 0 Å². The molecule has 106 valence electrons. The van der Waals surface area contributed by atoms with Crippen LogP contribution in [0.4, 0.5) is 0 Å². The van der Waals surface area contributed by atoms with Crippen molar-refractivity contribution in [2.24, 2.45) is 17.1 Å². The molecule has 3 heteroatoms. The summed E-state index contributed by atoms with van der Waals surface area (Å²) in [4.78, 5) is 2.54. The van der Waals surface area contributed by atoms with Crippen LogP contribution in [0.25, 0.3) is 0 Å². The predicted octanol–water partition coefficient (Wildman–Crippen LogP) is 2.25. The summed E-state index contributed by atoms with van der Waals surface area (Å²) in [6.45, 7) is 7.59. The van der Waals surface area contributed by atoms with Crippen molar-refractivity contribution >= 4 is 0 Å². The van der Waals surface area contributed by atoms with Crippen molar-refractivity contribution in [1.29, 1.82) is 0 Å². The molecule has 1 saturated carbocycles. The van der Waals surface area contributed by atoms with Crippen LogP contribution >= 0.6 is 0 Å². The molecule has 2 unspecified atom stereocenters. The summed E-state index contributed by atoms with van der Waals surface area (Å²) in [7, 11) is 2.27. The molecule has 1 heterocycles. The maximum atomic E-state index is 6.19. The van der Waals surface area contributed by atoms with Gasteiger partial charge in [0.15, 0.2) is 0 Å². The van der Waals surface area contributed by atoms with Gasteiger partial charge >= 0.3 is 0 Å². The minimum Gasteiger partial charge on any atom is -0.381 e. The molecule has 2 atom stereocenters. The monoisotopic (exact) mass is 254 g/mol. The minimum atomic E-state index is 0.334. The van der Waals surface area contributed by atoms with Gasteiger partial charge in [-0.05, 0) is 44.6 Å². The Labute approximate surface area is 112 Å². The quantitative estimate of drug-likeness (QED) is 0.839. The zero-order valence-corrected chi connectivity index (χ0v) is 12.3. The van der Waals surface area contributed by atoms with Crippen molar-refractivity contribution in [2.75, 3.05) is 26.8 Å². The van der Waals surface area contributed by atoms with Crippen molar-refractivity contribution in [2.45, 2.75) is 58.0 Å². The molecule has 1 aliphatic heterocycles. The summed E-state index contributed by atoms with van der Waals surface area (Å²) in [6.07, 6.45) is 6.42. The van der Waals surface area contributed by atoms with Gasteiger partial charge in [0, 0.05) is 31.2 Å². The van der Waals surface area contributed by atoms with E-state index < -0.39 is 0 Å². The van der Waals surface area contributed by atoms with Crippen LogP contribution in [0.5, 0.6) is 0 Å². The van der Waals surface area contributed by atoms with Gasteiger partial charge in [0.05, 0.1) is 6.61 Å². The van der Waals surface area contributed by atoms with Gasteiger partial charge < -0.3 is 15.4 Å². The molecular weight excluding hydrogens is 224 g/mol. The third-order valence-corrected chi connectivity index (χ3v) is 4.99. The smallest absolute Gasteiger partial charge is 0.0521 e. The van der Waals surface area contributed by atoms with Gasteiger partial charge in [0.2, 0.25) is 0 Å². The zero-order valence-electron chi connectivity index (χ0n) is 12.3. The number of hydrogen-bond acceptors (Lipinski definition) is 3. The molecule has 2 N–H and O–H groups in total. The third kappa shape index (κ3) is 3.69. The first-order valence-corrected chi connectivity index (χ1v) is 7.51. The van der Waals surface area contributed by atoms with Gasteiger partial charge in [0.25, 0.3) is 0 Å². The van der Waals surface area contributed by atoms with Crippen LogP contribution in [0.1, 0.15) is 46.0 Å². The lowest BCUT2D eigenvalue weighted by molar-refractivity contribution is 0.0175. The van der Waals surface area contributed by atoms with Crippen LogP contribution in [0, 0.1) is 11.3 Å². The molecule has 0 aromatic heterocycles. The predicted molar refractivity (Wildman–Crippen MR) is 75.6 cm³/mol. The highest BCUT2D eigenvalue weighted by atomic mass is 16.5. The molecule has 0 bridgehead atoms. The Hall–Kier alpha value is -0.120. The van der Waals surface area contributed by atoms with Crippen molar-refractivity contribution in [1.82, 2.24) is 4.90 Å². The largest absolute Gasteiger partial charge is 0.381 e. The lowest BCUT2D eigenvalue weighted by Crippen LogP contribution is -2.47. The van der Waals surface area contributed by atoms with E-state index in [9.17, 15) is 0 Å². The van der Waals surface area contributed by atoms with E-state index in [-0.39, 0.29) is 0 Å².